The summed E-state index contributed by atoms with van der Waals surface area (Å²) < 4.78 is 28.1. The van der Waals surface area contributed by atoms with Crippen LogP contribution in [0.3, 0.4) is 0 Å². The fourth-order valence-corrected chi connectivity index (χ4v) is 4.48. The number of carboxylic acid groups (broad SMARTS) is 1. The van der Waals surface area contributed by atoms with Crippen molar-refractivity contribution in [1.82, 2.24) is 8.87 Å². The van der Waals surface area contributed by atoms with Crippen molar-refractivity contribution in [2.45, 2.75) is 37.5 Å². The van der Waals surface area contributed by atoms with Crippen molar-refractivity contribution in [1.29, 1.82) is 0 Å². The first kappa shape index (κ1) is 16.0. The maximum absolute atomic E-state index is 12.5. The lowest BCUT2D eigenvalue weighted by atomic mass is 9.75. The minimum Gasteiger partial charge on any atom is -0.481 e. The Morgan fingerprint density at radius 2 is 2.00 bits per heavy atom. The maximum Gasteiger partial charge on any atom is 0.309 e. The van der Waals surface area contributed by atoms with Crippen LogP contribution in [0.5, 0.6) is 0 Å². The molecule has 0 aromatic carbocycles. The zero-order valence-corrected chi connectivity index (χ0v) is 13.3. The van der Waals surface area contributed by atoms with Crippen LogP contribution in [0.1, 0.15) is 32.6 Å². The van der Waals surface area contributed by atoms with Gasteiger partial charge in [0.2, 0.25) is 10.0 Å². The molecule has 0 atom stereocenters. The molecular formula is C14H22N2O4S. The van der Waals surface area contributed by atoms with Crippen LogP contribution in [0, 0.1) is 5.41 Å². The number of carbonyl (C=O) groups is 1. The second-order valence-corrected chi connectivity index (χ2v) is 7.69. The molecule has 1 aromatic rings. The summed E-state index contributed by atoms with van der Waals surface area (Å²) in [6, 6.07) is 1.57. The minimum atomic E-state index is -3.51. The van der Waals surface area contributed by atoms with Gasteiger partial charge in [-0.2, -0.15) is 4.31 Å². The van der Waals surface area contributed by atoms with Gasteiger partial charge >= 0.3 is 5.97 Å². The second kappa shape index (κ2) is 5.81. The van der Waals surface area contributed by atoms with E-state index in [-0.39, 0.29) is 18.0 Å². The summed E-state index contributed by atoms with van der Waals surface area (Å²) in [5, 5.41) is 9.46. The number of sulfonamides is 1. The Bertz CT molecular complexity index is 613. The Morgan fingerprint density at radius 1 is 1.38 bits per heavy atom. The smallest absolute Gasteiger partial charge is 0.309 e. The summed E-state index contributed by atoms with van der Waals surface area (Å²) in [6.45, 7) is 2.49. The van der Waals surface area contributed by atoms with Crippen molar-refractivity contribution < 1.29 is 18.3 Å². The number of rotatable bonds is 5. The molecule has 6 nitrogen and oxygen atoms in total. The molecule has 7 heteroatoms. The van der Waals surface area contributed by atoms with Gasteiger partial charge in [0, 0.05) is 32.5 Å². The van der Waals surface area contributed by atoms with E-state index < -0.39 is 21.4 Å². The van der Waals surface area contributed by atoms with Gasteiger partial charge in [-0.05, 0) is 25.3 Å². The Kier molecular flexibility index (Phi) is 4.43. The molecule has 0 amide bonds. The quantitative estimate of drug-likeness (QED) is 0.897. The van der Waals surface area contributed by atoms with E-state index in [1.165, 1.54) is 4.31 Å². The number of nitrogens with zero attached hydrogens (tertiary/aromatic N) is 2. The van der Waals surface area contributed by atoms with Gasteiger partial charge in [0.25, 0.3) is 0 Å². The number of aryl methyl sites for hydroxylation is 1. The van der Waals surface area contributed by atoms with Gasteiger partial charge in [-0.25, -0.2) is 8.42 Å². The molecule has 2 rings (SSSR count). The summed E-state index contributed by atoms with van der Waals surface area (Å²) in [7, 11) is -1.74. The molecule has 0 unspecified atom stereocenters. The topological polar surface area (TPSA) is 79.6 Å². The van der Waals surface area contributed by atoms with Gasteiger partial charge < -0.3 is 9.67 Å². The van der Waals surface area contributed by atoms with E-state index in [9.17, 15) is 18.3 Å². The molecular weight excluding hydrogens is 292 g/mol. The van der Waals surface area contributed by atoms with E-state index in [1.807, 2.05) is 6.92 Å². The van der Waals surface area contributed by atoms with Crippen molar-refractivity contribution >= 4 is 16.0 Å². The highest BCUT2D eigenvalue weighted by molar-refractivity contribution is 7.89. The van der Waals surface area contributed by atoms with Crippen LogP contribution in [0.4, 0.5) is 0 Å². The summed E-state index contributed by atoms with van der Waals surface area (Å²) in [5.41, 5.74) is -0.766. The van der Waals surface area contributed by atoms with Crippen molar-refractivity contribution in [2.75, 3.05) is 13.1 Å². The molecule has 1 aliphatic heterocycles. The molecule has 1 aromatic heterocycles. The largest absolute Gasteiger partial charge is 0.481 e. The van der Waals surface area contributed by atoms with E-state index in [0.29, 0.717) is 19.3 Å². The fourth-order valence-electron chi connectivity index (χ4n) is 2.98. The van der Waals surface area contributed by atoms with Crippen LogP contribution < -0.4 is 0 Å². The number of hydrogen-bond donors (Lipinski definition) is 1. The zero-order chi connectivity index (χ0) is 15.7. The lowest BCUT2D eigenvalue weighted by Gasteiger charge is -2.38. The number of aromatic nitrogens is 1. The summed E-state index contributed by atoms with van der Waals surface area (Å²) in [5.74, 6) is -0.805. The predicted molar refractivity (Wildman–Crippen MR) is 78.4 cm³/mol. The van der Waals surface area contributed by atoms with E-state index in [0.717, 1.165) is 6.42 Å². The standard InChI is InChI=1S/C14H22N2O4S/c1-3-5-14(13(17)18)6-9-16(10-7-14)21(19,20)12-4-8-15(2)11-12/h4,8,11H,3,5-7,9-10H2,1-2H3,(H,17,18). The average molecular weight is 314 g/mol. The van der Waals surface area contributed by atoms with Crippen molar-refractivity contribution in [3.05, 3.63) is 18.5 Å². The fraction of sp³-hybridized carbons (Fsp3) is 0.643. The molecule has 0 spiro atoms. The van der Waals surface area contributed by atoms with Gasteiger partial charge in [-0.3, -0.25) is 4.79 Å². The van der Waals surface area contributed by atoms with Crippen LogP contribution in [0.2, 0.25) is 0 Å². The Labute approximate surface area is 125 Å². The van der Waals surface area contributed by atoms with Gasteiger partial charge in [-0.15, -0.1) is 0 Å². The van der Waals surface area contributed by atoms with Gasteiger partial charge in [-0.1, -0.05) is 13.3 Å². The lowest BCUT2D eigenvalue weighted by Crippen LogP contribution is -2.46. The molecule has 0 bridgehead atoms. The van der Waals surface area contributed by atoms with Crippen LogP contribution in [0.15, 0.2) is 23.4 Å². The first-order chi connectivity index (χ1) is 9.82. The minimum absolute atomic E-state index is 0.267. The monoisotopic (exact) mass is 314 g/mol. The van der Waals surface area contributed by atoms with Crippen LogP contribution in [-0.4, -0.2) is 41.5 Å². The number of piperidine rings is 1. The van der Waals surface area contributed by atoms with E-state index in [1.54, 1.807) is 30.1 Å². The van der Waals surface area contributed by atoms with Crippen molar-refractivity contribution in [2.24, 2.45) is 12.5 Å². The molecule has 2 heterocycles. The van der Waals surface area contributed by atoms with E-state index in [2.05, 4.69) is 0 Å². The summed E-state index contributed by atoms with van der Waals surface area (Å²) >= 11 is 0. The third-order valence-corrected chi connectivity index (χ3v) is 6.19. The normalized spacial score (nSPS) is 19.5. The average Bonchev–Trinajstić information content (AvgIpc) is 2.87. The molecule has 0 saturated carbocycles. The molecule has 21 heavy (non-hydrogen) atoms. The van der Waals surface area contributed by atoms with Crippen LogP contribution in [0.25, 0.3) is 0 Å². The Morgan fingerprint density at radius 3 is 2.43 bits per heavy atom. The number of hydrogen-bond acceptors (Lipinski definition) is 3. The van der Waals surface area contributed by atoms with E-state index >= 15 is 0 Å². The maximum atomic E-state index is 12.5. The highest BCUT2D eigenvalue weighted by Crippen LogP contribution is 2.38. The molecule has 1 saturated heterocycles. The molecule has 0 aliphatic carbocycles. The molecule has 1 aliphatic rings. The SMILES string of the molecule is CCCC1(C(=O)O)CCN(S(=O)(=O)c2ccn(C)c2)CC1. The molecule has 1 N–H and O–H groups in total. The molecule has 0 radical (unpaired) electrons. The Balaban J connectivity index is 2.15. The van der Waals surface area contributed by atoms with Crippen molar-refractivity contribution in [3.63, 3.8) is 0 Å². The molecule has 118 valence electrons. The molecule has 1 fully saturated rings. The first-order valence-electron chi connectivity index (χ1n) is 7.17. The third-order valence-electron chi connectivity index (χ3n) is 4.30. The Hall–Kier alpha value is -1.34. The zero-order valence-electron chi connectivity index (χ0n) is 12.4. The summed E-state index contributed by atoms with van der Waals surface area (Å²) in [4.78, 5) is 11.8. The highest BCUT2D eigenvalue weighted by Gasteiger charge is 2.43. The highest BCUT2D eigenvalue weighted by atomic mass is 32.2. The van der Waals surface area contributed by atoms with Crippen LogP contribution >= 0.6 is 0 Å². The third kappa shape index (κ3) is 2.98. The summed E-state index contributed by atoms with van der Waals surface area (Å²) in [6.07, 6.45) is 5.40. The van der Waals surface area contributed by atoms with Gasteiger partial charge in [0.15, 0.2) is 0 Å². The van der Waals surface area contributed by atoms with Gasteiger partial charge in [0.05, 0.1) is 10.3 Å². The van der Waals surface area contributed by atoms with Gasteiger partial charge in [0.1, 0.15) is 0 Å². The van der Waals surface area contributed by atoms with Crippen molar-refractivity contribution in [3.8, 4) is 0 Å². The van der Waals surface area contributed by atoms with E-state index in [4.69, 9.17) is 0 Å². The number of carboxylic acids is 1. The first-order valence-corrected chi connectivity index (χ1v) is 8.61. The number of aliphatic carboxylic acids is 1. The van der Waals surface area contributed by atoms with Crippen LogP contribution in [-0.2, 0) is 21.9 Å². The predicted octanol–water partition coefficient (Wildman–Crippen LogP) is 1.68. The second-order valence-electron chi connectivity index (χ2n) is 5.75. The lowest BCUT2D eigenvalue weighted by molar-refractivity contribution is -0.152.